The molecule has 0 unspecified atom stereocenters. The molecule has 3 rings (SSSR count). The number of nitrogens with zero attached hydrogens (tertiary/aromatic N) is 2. The molecule has 0 bridgehead atoms. The van der Waals surface area contributed by atoms with Crippen molar-refractivity contribution in [1.82, 2.24) is 9.78 Å². The molecule has 1 heterocycles. The summed E-state index contributed by atoms with van der Waals surface area (Å²) in [6, 6.07) is 7.86. The third kappa shape index (κ3) is 3.16. The van der Waals surface area contributed by atoms with E-state index in [9.17, 15) is 0 Å². The number of halogens is 1. The van der Waals surface area contributed by atoms with Crippen LogP contribution in [0.2, 0.25) is 5.15 Å². The van der Waals surface area contributed by atoms with E-state index in [4.69, 9.17) is 21.1 Å². The number of rotatable bonds is 5. The first-order valence-corrected chi connectivity index (χ1v) is 7.65. The van der Waals surface area contributed by atoms with Gasteiger partial charge >= 0.3 is 0 Å². The third-order valence-electron chi connectivity index (χ3n) is 3.85. The number of para-hydroxylation sites is 1. The summed E-state index contributed by atoms with van der Waals surface area (Å²) in [5.74, 6) is 1.51. The van der Waals surface area contributed by atoms with Gasteiger partial charge in [0.15, 0.2) is 10.9 Å². The van der Waals surface area contributed by atoms with Crippen LogP contribution in [0.4, 0.5) is 0 Å². The van der Waals surface area contributed by atoms with E-state index < -0.39 is 0 Å². The average molecular weight is 307 g/mol. The standard InChI is InChI=1S/C16H19ClN2O2/c1-20-14-9-5-2-6-12(14)11-19-16(17)15(10-18-19)21-13-7-3-4-8-13/h2,5-6,9-10,13H,3-4,7-8,11H2,1H3. The number of ether oxygens (including phenoxy) is 2. The Morgan fingerprint density at radius 2 is 2.00 bits per heavy atom. The van der Waals surface area contributed by atoms with Crippen molar-refractivity contribution in [3.05, 3.63) is 41.2 Å². The molecule has 0 spiro atoms. The second-order valence-electron chi connectivity index (χ2n) is 5.29. The van der Waals surface area contributed by atoms with Crippen LogP contribution in [0.5, 0.6) is 11.5 Å². The van der Waals surface area contributed by atoms with Gasteiger partial charge in [-0.25, -0.2) is 4.68 Å². The molecule has 21 heavy (non-hydrogen) atoms. The zero-order valence-corrected chi connectivity index (χ0v) is 12.8. The van der Waals surface area contributed by atoms with Gasteiger partial charge in [-0.05, 0) is 31.7 Å². The van der Waals surface area contributed by atoms with E-state index >= 15 is 0 Å². The summed E-state index contributed by atoms with van der Waals surface area (Å²) >= 11 is 6.38. The van der Waals surface area contributed by atoms with Crippen LogP contribution in [0.25, 0.3) is 0 Å². The molecule has 2 aromatic rings. The van der Waals surface area contributed by atoms with Crippen LogP contribution >= 0.6 is 11.6 Å². The van der Waals surface area contributed by atoms with Crippen LogP contribution < -0.4 is 9.47 Å². The minimum atomic E-state index is 0.284. The lowest BCUT2D eigenvalue weighted by molar-refractivity contribution is 0.210. The fourth-order valence-electron chi connectivity index (χ4n) is 2.72. The van der Waals surface area contributed by atoms with Gasteiger partial charge in [-0.15, -0.1) is 0 Å². The van der Waals surface area contributed by atoms with Gasteiger partial charge in [0.2, 0.25) is 0 Å². The lowest BCUT2D eigenvalue weighted by atomic mass is 10.2. The topological polar surface area (TPSA) is 36.3 Å². The van der Waals surface area contributed by atoms with Crippen LogP contribution in [0.1, 0.15) is 31.2 Å². The Balaban J connectivity index is 1.75. The minimum absolute atomic E-state index is 0.284. The second kappa shape index (κ2) is 6.39. The van der Waals surface area contributed by atoms with Crippen molar-refractivity contribution in [1.29, 1.82) is 0 Å². The predicted molar refractivity (Wildman–Crippen MR) is 82.2 cm³/mol. The van der Waals surface area contributed by atoms with Gasteiger partial charge in [0.05, 0.1) is 26.0 Å². The van der Waals surface area contributed by atoms with Crippen LogP contribution in [-0.4, -0.2) is 23.0 Å². The number of aromatic nitrogens is 2. The molecule has 1 aliphatic carbocycles. The van der Waals surface area contributed by atoms with Gasteiger partial charge < -0.3 is 9.47 Å². The molecule has 4 nitrogen and oxygen atoms in total. The van der Waals surface area contributed by atoms with E-state index in [1.165, 1.54) is 12.8 Å². The van der Waals surface area contributed by atoms with E-state index in [2.05, 4.69) is 5.10 Å². The van der Waals surface area contributed by atoms with Gasteiger partial charge in [-0.2, -0.15) is 5.10 Å². The maximum Gasteiger partial charge on any atom is 0.176 e. The van der Waals surface area contributed by atoms with E-state index in [0.29, 0.717) is 17.4 Å². The van der Waals surface area contributed by atoms with Crippen molar-refractivity contribution in [2.45, 2.75) is 38.3 Å². The molecule has 112 valence electrons. The zero-order chi connectivity index (χ0) is 14.7. The molecule has 5 heteroatoms. The van der Waals surface area contributed by atoms with Crippen molar-refractivity contribution < 1.29 is 9.47 Å². The Labute approximate surface area is 129 Å². The van der Waals surface area contributed by atoms with Crippen molar-refractivity contribution in [3.8, 4) is 11.5 Å². The summed E-state index contributed by atoms with van der Waals surface area (Å²) in [5, 5.41) is 4.88. The maximum absolute atomic E-state index is 6.38. The Morgan fingerprint density at radius 1 is 1.24 bits per heavy atom. The average Bonchev–Trinajstić information content (AvgIpc) is 3.13. The van der Waals surface area contributed by atoms with Gasteiger partial charge in [-0.1, -0.05) is 29.8 Å². The highest BCUT2D eigenvalue weighted by Gasteiger charge is 2.20. The van der Waals surface area contributed by atoms with E-state index in [0.717, 1.165) is 24.2 Å². The predicted octanol–water partition coefficient (Wildman–Crippen LogP) is 3.91. The highest BCUT2D eigenvalue weighted by Crippen LogP contribution is 2.30. The Bertz CT molecular complexity index is 606. The third-order valence-corrected chi connectivity index (χ3v) is 4.23. The molecule has 0 saturated heterocycles. The first kappa shape index (κ1) is 14.3. The molecule has 1 aromatic carbocycles. The highest BCUT2D eigenvalue weighted by atomic mass is 35.5. The number of hydrogen-bond acceptors (Lipinski definition) is 3. The molecule has 0 N–H and O–H groups in total. The summed E-state index contributed by atoms with van der Waals surface area (Å²) in [6.45, 7) is 0.566. The molecular formula is C16H19ClN2O2. The van der Waals surface area contributed by atoms with E-state index in [1.54, 1.807) is 18.0 Å². The maximum atomic E-state index is 6.38. The van der Waals surface area contributed by atoms with Crippen molar-refractivity contribution >= 4 is 11.6 Å². The Kier molecular flexibility index (Phi) is 4.34. The van der Waals surface area contributed by atoms with Crippen LogP contribution in [0, 0.1) is 0 Å². The first-order chi connectivity index (χ1) is 10.3. The van der Waals surface area contributed by atoms with Crippen molar-refractivity contribution in [3.63, 3.8) is 0 Å². The summed E-state index contributed by atoms with van der Waals surface area (Å²) in [4.78, 5) is 0. The fraction of sp³-hybridized carbons (Fsp3) is 0.438. The van der Waals surface area contributed by atoms with E-state index in [-0.39, 0.29) is 6.10 Å². The van der Waals surface area contributed by atoms with Crippen LogP contribution in [-0.2, 0) is 6.54 Å². The smallest absolute Gasteiger partial charge is 0.176 e. The second-order valence-corrected chi connectivity index (χ2v) is 5.65. The molecule has 0 aliphatic heterocycles. The lowest BCUT2D eigenvalue weighted by Gasteiger charge is -2.12. The van der Waals surface area contributed by atoms with Crippen molar-refractivity contribution in [2.24, 2.45) is 0 Å². The monoisotopic (exact) mass is 306 g/mol. The molecule has 0 atom stereocenters. The quantitative estimate of drug-likeness (QED) is 0.840. The summed E-state index contributed by atoms with van der Waals surface area (Å²) < 4.78 is 13.0. The van der Waals surface area contributed by atoms with Crippen LogP contribution in [0.15, 0.2) is 30.5 Å². The molecular weight excluding hydrogens is 288 g/mol. The normalized spacial score (nSPS) is 15.3. The van der Waals surface area contributed by atoms with Gasteiger partial charge in [0, 0.05) is 5.56 Å². The van der Waals surface area contributed by atoms with Crippen LogP contribution in [0.3, 0.4) is 0 Å². The van der Waals surface area contributed by atoms with Gasteiger partial charge in [0.1, 0.15) is 5.75 Å². The molecule has 0 radical (unpaired) electrons. The van der Waals surface area contributed by atoms with E-state index in [1.807, 2.05) is 24.3 Å². The molecule has 1 aliphatic rings. The van der Waals surface area contributed by atoms with Crippen molar-refractivity contribution in [2.75, 3.05) is 7.11 Å². The number of methoxy groups -OCH3 is 1. The minimum Gasteiger partial charge on any atom is -0.496 e. The van der Waals surface area contributed by atoms with Gasteiger partial charge in [0.25, 0.3) is 0 Å². The first-order valence-electron chi connectivity index (χ1n) is 7.28. The largest absolute Gasteiger partial charge is 0.496 e. The number of hydrogen-bond donors (Lipinski definition) is 0. The highest BCUT2D eigenvalue weighted by molar-refractivity contribution is 6.31. The lowest BCUT2D eigenvalue weighted by Crippen LogP contribution is -2.11. The SMILES string of the molecule is COc1ccccc1Cn1ncc(OC2CCCC2)c1Cl. The zero-order valence-electron chi connectivity index (χ0n) is 12.1. The molecule has 0 amide bonds. The van der Waals surface area contributed by atoms with Gasteiger partial charge in [-0.3, -0.25) is 0 Å². The molecule has 1 fully saturated rings. The summed E-state index contributed by atoms with van der Waals surface area (Å²) in [6.07, 6.45) is 6.67. The Morgan fingerprint density at radius 3 is 2.76 bits per heavy atom. The summed E-state index contributed by atoms with van der Waals surface area (Å²) in [5.41, 5.74) is 1.04. The Hall–Kier alpha value is -1.68. The summed E-state index contributed by atoms with van der Waals surface area (Å²) in [7, 11) is 1.66. The molecule has 1 saturated carbocycles. The molecule has 1 aromatic heterocycles. The fourth-order valence-corrected chi connectivity index (χ4v) is 2.92. The number of benzene rings is 1.